The molecular weight excluding hydrogens is 332 g/mol. The number of nitrogens with zero attached hydrogens (tertiary/aromatic N) is 2. The van der Waals surface area contributed by atoms with Crippen molar-refractivity contribution in [3.8, 4) is 11.1 Å². The van der Waals surface area contributed by atoms with Crippen LogP contribution in [0.25, 0.3) is 17.2 Å². The topological polar surface area (TPSA) is 70.7 Å². The maximum Gasteiger partial charge on any atom is 0.249 e. The lowest BCUT2D eigenvalue weighted by Crippen LogP contribution is -2.09. The molecule has 0 unspecified atom stereocenters. The highest BCUT2D eigenvalue weighted by atomic mass is 35.5. The van der Waals surface area contributed by atoms with Crippen LogP contribution >= 0.6 is 22.9 Å². The Kier molecular flexibility index (Phi) is 4.55. The summed E-state index contributed by atoms with van der Waals surface area (Å²) in [5, 5.41) is 13.0. The van der Waals surface area contributed by atoms with Crippen LogP contribution in [0.2, 0.25) is 5.02 Å². The maximum atomic E-state index is 12.0. The zero-order valence-electron chi connectivity index (χ0n) is 12.2. The van der Waals surface area contributed by atoms with E-state index in [1.54, 1.807) is 18.3 Å². The number of halogens is 1. The summed E-state index contributed by atoms with van der Waals surface area (Å²) in [5.41, 5.74) is 2.42. The second-order valence-corrected chi connectivity index (χ2v) is 6.28. The highest BCUT2D eigenvalue weighted by Crippen LogP contribution is 2.27. The predicted molar refractivity (Wildman–Crippen MR) is 93.5 cm³/mol. The second kappa shape index (κ2) is 6.76. The smallest absolute Gasteiger partial charge is 0.249 e. The van der Waals surface area contributed by atoms with E-state index in [2.05, 4.69) is 20.5 Å². The van der Waals surface area contributed by atoms with Crippen molar-refractivity contribution in [2.75, 3.05) is 5.32 Å². The number of carbonyl (C=O) groups excluding carboxylic acids is 1. The Bertz CT molecular complexity index is 868. The number of aryl methyl sites for hydroxylation is 1. The first-order valence-electron chi connectivity index (χ1n) is 6.82. The number of hydrogen-bond donors (Lipinski definition) is 2. The van der Waals surface area contributed by atoms with Gasteiger partial charge in [0.1, 0.15) is 5.82 Å². The summed E-state index contributed by atoms with van der Waals surface area (Å²) >= 11 is 7.54. The number of anilines is 1. The average molecular weight is 345 g/mol. The number of nitrogens with one attached hydrogen (secondary N) is 2. The zero-order chi connectivity index (χ0) is 16.2. The molecule has 116 valence electrons. The fourth-order valence-corrected chi connectivity index (χ4v) is 2.81. The predicted octanol–water partition coefficient (Wildman–Crippen LogP) is 4.15. The van der Waals surface area contributed by atoms with E-state index in [1.165, 1.54) is 17.4 Å². The van der Waals surface area contributed by atoms with Crippen molar-refractivity contribution in [2.45, 2.75) is 6.92 Å². The van der Waals surface area contributed by atoms with Crippen LogP contribution in [0.15, 0.2) is 41.9 Å². The zero-order valence-corrected chi connectivity index (χ0v) is 13.8. The summed E-state index contributed by atoms with van der Waals surface area (Å²) in [6.45, 7) is 1.92. The number of H-pyrrole nitrogens is 1. The van der Waals surface area contributed by atoms with Crippen molar-refractivity contribution in [2.24, 2.45) is 0 Å². The fraction of sp³-hybridized carbons (Fsp3) is 0.0625. The summed E-state index contributed by atoms with van der Waals surface area (Å²) in [6, 6.07) is 7.36. The molecule has 0 spiro atoms. The largest absolute Gasteiger partial charge is 0.307 e. The Morgan fingerprint density at radius 3 is 3.04 bits per heavy atom. The lowest BCUT2D eigenvalue weighted by molar-refractivity contribution is -0.111. The molecule has 0 aliphatic rings. The monoisotopic (exact) mass is 344 g/mol. The first-order chi connectivity index (χ1) is 11.1. The fourth-order valence-electron chi connectivity index (χ4n) is 2.04. The minimum Gasteiger partial charge on any atom is -0.307 e. The highest BCUT2D eigenvalue weighted by Gasteiger charge is 2.10. The number of amides is 1. The van der Waals surface area contributed by atoms with Gasteiger partial charge in [-0.3, -0.25) is 9.89 Å². The van der Waals surface area contributed by atoms with Gasteiger partial charge in [0.05, 0.1) is 16.9 Å². The van der Waals surface area contributed by atoms with E-state index in [0.717, 1.165) is 21.8 Å². The average Bonchev–Trinajstić information content (AvgIpc) is 3.14. The van der Waals surface area contributed by atoms with E-state index in [-0.39, 0.29) is 5.91 Å². The molecule has 23 heavy (non-hydrogen) atoms. The molecule has 2 N–H and O–H groups in total. The van der Waals surface area contributed by atoms with Crippen LogP contribution in [0, 0.1) is 6.92 Å². The maximum absolute atomic E-state index is 12.0. The second-order valence-electron chi connectivity index (χ2n) is 4.78. The molecule has 0 aliphatic carbocycles. The standard InChI is InChI=1S/C16H13ClN4OS/c1-10-19-13(9-23-10)5-6-15(22)20-16-14(8-18-21-16)11-3-2-4-12(17)7-11/h2-9H,1H3,(H2,18,20,21,22)/b6-5+. The number of rotatable bonds is 4. The van der Waals surface area contributed by atoms with Gasteiger partial charge in [0.25, 0.3) is 0 Å². The van der Waals surface area contributed by atoms with E-state index < -0.39 is 0 Å². The van der Waals surface area contributed by atoms with Gasteiger partial charge in [-0.15, -0.1) is 11.3 Å². The van der Waals surface area contributed by atoms with Crippen LogP contribution in [0.3, 0.4) is 0 Å². The van der Waals surface area contributed by atoms with Gasteiger partial charge in [-0.1, -0.05) is 23.7 Å². The van der Waals surface area contributed by atoms with Gasteiger partial charge in [0.2, 0.25) is 5.91 Å². The number of aromatic amines is 1. The van der Waals surface area contributed by atoms with E-state index >= 15 is 0 Å². The van der Waals surface area contributed by atoms with Crippen LogP contribution in [-0.2, 0) is 4.79 Å². The van der Waals surface area contributed by atoms with Gasteiger partial charge in [-0.25, -0.2) is 4.98 Å². The van der Waals surface area contributed by atoms with Gasteiger partial charge in [-0.2, -0.15) is 5.10 Å². The van der Waals surface area contributed by atoms with Crippen molar-refractivity contribution in [1.29, 1.82) is 0 Å². The van der Waals surface area contributed by atoms with Crippen molar-refractivity contribution in [1.82, 2.24) is 15.2 Å². The van der Waals surface area contributed by atoms with E-state index in [9.17, 15) is 4.79 Å². The Morgan fingerprint density at radius 2 is 2.30 bits per heavy atom. The third kappa shape index (κ3) is 3.85. The molecule has 0 bridgehead atoms. The molecule has 2 heterocycles. The molecule has 0 aliphatic heterocycles. The molecule has 0 radical (unpaired) electrons. The van der Waals surface area contributed by atoms with Gasteiger partial charge in [0, 0.05) is 22.0 Å². The molecule has 2 aromatic heterocycles. The molecule has 1 amide bonds. The number of benzene rings is 1. The Morgan fingerprint density at radius 1 is 1.43 bits per heavy atom. The first kappa shape index (κ1) is 15.5. The van der Waals surface area contributed by atoms with E-state index in [1.807, 2.05) is 30.5 Å². The molecule has 0 saturated heterocycles. The molecule has 3 aromatic rings. The molecule has 1 aromatic carbocycles. The summed E-state index contributed by atoms with van der Waals surface area (Å²) in [5.74, 6) is 0.263. The molecule has 0 saturated carbocycles. The van der Waals surface area contributed by atoms with Crippen LogP contribution in [0.1, 0.15) is 10.7 Å². The molecule has 5 nitrogen and oxygen atoms in total. The SMILES string of the molecule is Cc1nc(/C=C/C(=O)Nc2[nH]ncc2-c2cccc(Cl)c2)cs1. The van der Waals surface area contributed by atoms with Gasteiger partial charge >= 0.3 is 0 Å². The number of carbonyl (C=O) groups is 1. The lowest BCUT2D eigenvalue weighted by atomic mass is 10.1. The van der Waals surface area contributed by atoms with Crippen molar-refractivity contribution in [3.05, 3.63) is 57.6 Å². The lowest BCUT2D eigenvalue weighted by Gasteiger charge is -2.04. The number of thiazole rings is 1. The van der Waals surface area contributed by atoms with Gasteiger partial charge in [0.15, 0.2) is 0 Å². The van der Waals surface area contributed by atoms with Crippen LogP contribution in [0.4, 0.5) is 5.82 Å². The minimum absolute atomic E-state index is 0.261. The first-order valence-corrected chi connectivity index (χ1v) is 8.08. The summed E-state index contributed by atoms with van der Waals surface area (Å²) in [6.07, 6.45) is 4.76. The molecule has 0 fully saturated rings. The van der Waals surface area contributed by atoms with Crippen molar-refractivity contribution >= 4 is 40.7 Å². The van der Waals surface area contributed by atoms with E-state index in [0.29, 0.717) is 10.8 Å². The van der Waals surface area contributed by atoms with Gasteiger partial charge < -0.3 is 5.32 Å². The summed E-state index contributed by atoms with van der Waals surface area (Å²) in [7, 11) is 0. The Balaban J connectivity index is 1.75. The molecule has 7 heteroatoms. The molecule has 3 rings (SSSR count). The number of hydrogen-bond acceptors (Lipinski definition) is 4. The number of aromatic nitrogens is 3. The third-order valence-electron chi connectivity index (χ3n) is 3.07. The minimum atomic E-state index is -0.261. The molecule has 0 atom stereocenters. The van der Waals surface area contributed by atoms with E-state index in [4.69, 9.17) is 11.6 Å². The van der Waals surface area contributed by atoms with Crippen molar-refractivity contribution < 1.29 is 4.79 Å². The van der Waals surface area contributed by atoms with Crippen LogP contribution in [0.5, 0.6) is 0 Å². The quantitative estimate of drug-likeness (QED) is 0.698. The summed E-state index contributed by atoms with van der Waals surface area (Å²) in [4.78, 5) is 16.3. The third-order valence-corrected chi connectivity index (χ3v) is 4.09. The van der Waals surface area contributed by atoms with Crippen molar-refractivity contribution in [3.63, 3.8) is 0 Å². The summed E-state index contributed by atoms with van der Waals surface area (Å²) < 4.78 is 0. The van der Waals surface area contributed by atoms with Gasteiger partial charge in [-0.05, 0) is 30.7 Å². The Hall–Kier alpha value is -2.44. The highest BCUT2D eigenvalue weighted by molar-refractivity contribution is 7.09. The normalized spacial score (nSPS) is 11.0. The Labute approximate surface area is 142 Å². The molecular formula is C16H13ClN4OS. The van der Waals surface area contributed by atoms with Crippen LogP contribution < -0.4 is 5.32 Å². The van der Waals surface area contributed by atoms with Crippen LogP contribution in [-0.4, -0.2) is 21.1 Å².